The maximum atomic E-state index is 12.8. The first-order valence-corrected chi connectivity index (χ1v) is 17.5. The van der Waals surface area contributed by atoms with Crippen molar-refractivity contribution in [3.8, 4) is 11.4 Å². The van der Waals surface area contributed by atoms with Gasteiger partial charge in [0, 0.05) is 55.7 Å². The molecule has 3 aromatic carbocycles. The van der Waals surface area contributed by atoms with Crippen LogP contribution in [0.2, 0.25) is 0 Å². The summed E-state index contributed by atoms with van der Waals surface area (Å²) in [6.45, 7) is 12.7. The molecule has 1 unspecified atom stereocenters. The molecule has 0 N–H and O–H groups in total. The Labute approximate surface area is 293 Å². The van der Waals surface area contributed by atoms with E-state index in [1.807, 2.05) is 37.3 Å². The smallest absolute Gasteiger partial charge is 0.350 e. The number of aryl methyl sites for hydroxylation is 2. The Morgan fingerprint density at radius 2 is 1.56 bits per heavy atom. The molecule has 2 aliphatic heterocycles. The quantitative estimate of drug-likeness (QED) is 0.177. The summed E-state index contributed by atoms with van der Waals surface area (Å²) in [5, 5.41) is 12.3. The average molecular weight is 676 g/mol. The van der Waals surface area contributed by atoms with Crippen molar-refractivity contribution < 1.29 is 14.2 Å². The number of hydrogen-bond acceptors (Lipinski definition) is 9. The molecule has 7 rings (SSSR count). The van der Waals surface area contributed by atoms with Crippen LogP contribution < -0.4 is 20.2 Å². The second-order valence-electron chi connectivity index (χ2n) is 13.3. The van der Waals surface area contributed by atoms with E-state index in [0.717, 1.165) is 60.9 Å². The molecule has 3 atom stereocenters. The molecule has 11 nitrogen and oxygen atoms in total. The Morgan fingerprint density at radius 3 is 2.20 bits per heavy atom. The Bertz CT molecular complexity index is 1940. The Balaban J connectivity index is 0.928. The van der Waals surface area contributed by atoms with Crippen molar-refractivity contribution in [3.63, 3.8) is 0 Å². The topological polar surface area (TPSA) is 99.8 Å². The van der Waals surface area contributed by atoms with Crippen LogP contribution in [0.5, 0.6) is 5.75 Å². The van der Waals surface area contributed by atoms with Crippen LogP contribution in [-0.2, 0) is 21.7 Å². The highest BCUT2D eigenvalue weighted by Crippen LogP contribution is 2.38. The Hall–Kier alpha value is -5.00. The molecule has 0 amide bonds. The molecule has 260 valence electrons. The zero-order valence-electron chi connectivity index (χ0n) is 29.2. The summed E-state index contributed by atoms with van der Waals surface area (Å²) in [6.07, 6.45) is 6.22. The summed E-state index contributed by atoms with van der Waals surface area (Å²) in [5.41, 5.74) is 7.44. The number of piperazine rings is 1. The molecule has 50 heavy (non-hydrogen) atoms. The lowest BCUT2D eigenvalue weighted by Gasteiger charge is -2.37. The molecule has 0 bridgehead atoms. The fourth-order valence-corrected chi connectivity index (χ4v) is 6.62. The monoisotopic (exact) mass is 675 g/mol. The molecule has 4 heterocycles. The van der Waals surface area contributed by atoms with E-state index in [4.69, 9.17) is 14.2 Å². The molecule has 2 aliphatic rings. The minimum absolute atomic E-state index is 0.0712. The zero-order valence-corrected chi connectivity index (χ0v) is 29.2. The maximum absolute atomic E-state index is 12.8. The van der Waals surface area contributed by atoms with E-state index in [9.17, 15) is 4.79 Å². The van der Waals surface area contributed by atoms with Gasteiger partial charge in [-0.2, -0.15) is 15.3 Å². The van der Waals surface area contributed by atoms with Gasteiger partial charge in [-0.25, -0.2) is 14.0 Å². The lowest BCUT2D eigenvalue weighted by Crippen LogP contribution is -2.46. The van der Waals surface area contributed by atoms with Crippen molar-refractivity contribution >= 4 is 11.4 Å². The van der Waals surface area contributed by atoms with E-state index < -0.39 is 5.79 Å². The number of benzene rings is 3. The summed E-state index contributed by atoms with van der Waals surface area (Å²) in [7, 11) is 0. The van der Waals surface area contributed by atoms with Crippen LogP contribution in [0.3, 0.4) is 0 Å². The Kier molecular flexibility index (Phi) is 9.69. The van der Waals surface area contributed by atoms with E-state index in [1.165, 1.54) is 16.8 Å². The molecule has 0 radical (unpaired) electrons. The predicted molar refractivity (Wildman–Crippen MR) is 193 cm³/mol. The van der Waals surface area contributed by atoms with Gasteiger partial charge in [0.15, 0.2) is 5.79 Å². The van der Waals surface area contributed by atoms with E-state index in [1.54, 1.807) is 28.0 Å². The summed E-state index contributed by atoms with van der Waals surface area (Å²) >= 11 is 0. The Morgan fingerprint density at radius 1 is 0.880 bits per heavy atom. The van der Waals surface area contributed by atoms with Gasteiger partial charge in [0.25, 0.3) is 0 Å². The molecule has 5 aromatic rings. The summed E-state index contributed by atoms with van der Waals surface area (Å²) in [6, 6.07) is 24.8. The predicted octanol–water partition coefficient (Wildman–Crippen LogP) is 5.63. The summed E-state index contributed by atoms with van der Waals surface area (Å²) in [5.74, 6) is -0.118. The first kappa shape index (κ1) is 33.5. The van der Waals surface area contributed by atoms with Gasteiger partial charge in [-0.1, -0.05) is 25.1 Å². The molecule has 0 aliphatic carbocycles. The number of aromatic nitrogens is 5. The molecule has 0 spiro atoms. The fourth-order valence-electron chi connectivity index (χ4n) is 6.62. The van der Waals surface area contributed by atoms with Gasteiger partial charge in [0.1, 0.15) is 24.8 Å². The molecule has 11 heteroatoms. The summed E-state index contributed by atoms with van der Waals surface area (Å²) < 4.78 is 22.4. The third-order valence-corrected chi connectivity index (χ3v) is 10.0. The van der Waals surface area contributed by atoms with E-state index in [0.29, 0.717) is 19.6 Å². The van der Waals surface area contributed by atoms with Gasteiger partial charge >= 0.3 is 5.69 Å². The van der Waals surface area contributed by atoms with Crippen molar-refractivity contribution in [2.45, 2.75) is 58.5 Å². The van der Waals surface area contributed by atoms with Crippen LogP contribution >= 0.6 is 0 Å². The van der Waals surface area contributed by atoms with Gasteiger partial charge < -0.3 is 24.0 Å². The zero-order chi connectivity index (χ0) is 34.7. The van der Waals surface area contributed by atoms with Crippen molar-refractivity contribution in [2.75, 3.05) is 49.2 Å². The average Bonchev–Trinajstić information content (AvgIpc) is 3.76. The van der Waals surface area contributed by atoms with Crippen LogP contribution in [0.15, 0.2) is 96.3 Å². The number of anilines is 2. The largest absolute Gasteiger partial charge is 0.491 e. The number of ether oxygens (including phenoxy) is 3. The molecule has 2 fully saturated rings. The highest BCUT2D eigenvalue weighted by molar-refractivity contribution is 5.54. The third kappa shape index (κ3) is 7.01. The molecule has 2 saturated heterocycles. The molecule has 0 saturated carbocycles. The number of hydrogen-bond donors (Lipinski definition) is 0. The molecular formula is C39H45N7O4. The van der Waals surface area contributed by atoms with Crippen LogP contribution in [-0.4, -0.2) is 70.0 Å². The van der Waals surface area contributed by atoms with Gasteiger partial charge in [0.2, 0.25) is 0 Å². The fraction of sp³-hybridized carbons (Fsp3) is 0.385. The van der Waals surface area contributed by atoms with E-state index >= 15 is 0 Å². The highest BCUT2D eigenvalue weighted by Gasteiger charge is 2.44. The SMILES string of the molecule is CCC(C)n1ncn(-c2ccc(N3CCN(c4ccc(OC[C@@H]5CO[C@](Cc6ccnnc6)(c6ccc(C)c(C)c6)O5)cc4)CC3)cc2)c1=O. The normalized spacial score (nSPS) is 19.9. The van der Waals surface area contributed by atoms with Crippen molar-refractivity contribution in [1.29, 1.82) is 0 Å². The minimum Gasteiger partial charge on any atom is -0.491 e. The van der Waals surface area contributed by atoms with Gasteiger partial charge in [-0.3, -0.25) is 0 Å². The molecule has 2 aromatic heterocycles. The van der Waals surface area contributed by atoms with Gasteiger partial charge in [0.05, 0.1) is 24.5 Å². The lowest BCUT2D eigenvalue weighted by atomic mass is 9.95. The summed E-state index contributed by atoms with van der Waals surface area (Å²) in [4.78, 5) is 17.6. The first-order chi connectivity index (χ1) is 24.3. The van der Waals surface area contributed by atoms with E-state index in [2.05, 4.69) is 88.3 Å². The third-order valence-electron chi connectivity index (χ3n) is 10.0. The van der Waals surface area contributed by atoms with Crippen molar-refractivity contribution in [2.24, 2.45) is 0 Å². The highest BCUT2D eigenvalue weighted by atomic mass is 16.8. The van der Waals surface area contributed by atoms with Crippen LogP contribution in [0, 0.1) is 13.8 Å². The van der Waals surface area contributed by atoms with Gasteiger partial charge in [-0.15, -0.1) is 0 Å². The van der Waals surface area contributed by atoms with Crippen LogP contribution in [0.1, 0.15) is 48.6 Å². The van der Waals surface area contributed by atoms with E-state index in [-0.39, 0.29) is 17.8 Å². The number of nitrogens with zero attached hydrogens (tertiary/aromatic N) is 7. The number of rotatable bonds is 11. The van der Waals surface area contributed by atoms with Gasteiger partial charge in [-0.05, 0) is 98.5 Å². The van der Waals surface area contributed by atoms with Crippen molar-refractivity contribution in [1.82, 2.24) is 24.5 Å². The maximum Gasteiger partial charge on any atom is 0.350 e. The standard InChI is InChI=1S/C39H45N7O4/c1-5-30(4)46-38(47)45(27-42-46)35-10-8-33(9-11-35)43-18-20-44(21-19-43)34-12-14-36(15-13-34)48-25-37-26-49-39(50-37,23-31-16-17-40-41-24-31)32-7-6-28(2)29(3)22-32/h6-17,22,24,27,30,37H,5,18-21,23,25-26H2,1-4H3/t30?,37-,39+/m1/s1. The second-order valence-corrected chi connectivity index (χ2v) is 13.3. The second kappa shape index (κ2) is 14.5. The first-order valence-electron chi connectivity index (χ1n) is 17.5. The molecular weight excluding hydrogens is 630 g/mol. The van der Waals surface area contributed by atoms with Crippen LogP contribution in [0.25, 0.3) is 5.69 Å². The van der Waals surface area contributed by atoms with Crippen LogP contribution in [0.4, 0.5) is 11.4 Å². The van der Waals surface area contributed by atoms with Crippen molar-refractivity contribution in [3.05, 3.63) is 124 Å². The minimum atomic E-state index is -0.916. The lowest BCUT2D eigenvalue weighted by molar-refractivity contribution is -0.178.